The van der Waals surface area contributed by atoms with Gasteiger partial charge in [-0.05, 0) is 18.0 Å². The van der Waals surface area contributed by atoms with E-state index < -0.39 is 11.1 Å². The molecule has 3 N–H and O–H groups in total. The summed E-state index contributed by atoms with van der Waals surface area (Å²) >= 11 is 1.26. The molecule has 0 fully saturated rings. The van der Waals surface area contributed by atoms with Crippen LogP contribution in [0.5, 0.6) is 0 Å². The molecule has 6 nitrogen and oxygen atoms in total. The molecule has 0 saturated heterocycles. The van der Waals surface area contributed by atoms with Crippen LogP contribution in [0.25, 0.3) is 0 Å². The maximum atomic E-state index is 11.0. The molecule has 0 aromatic carbocycles. The minimum Gasteiger partial charge on any atom is -0.265 e. The number of nitrogens with zero attached hydrogens (tertiary/aromatic N) is 2. The average Bonchev–Trinajstić information content (AvgIpc) is 2.08. The van der Waals surface area contributed by atoms with Gasteiger partial charge in [-0.3, -0.25) is 10.6 Å². The molecule has 1 rings (SSSR count). The lowest BCUT2D eigenvalue weighted by atomic mass is 10.8. The molecule has 0 atom stereocenters. The van der Waals surface area contributed by atoms with Gasteiger partial charge in [-0.1, -0.05) is 4.68 Å². The third-order valence-corrected chi connectivity index (χ3v) is 2.06. The summed E-state index contributed by atoms with van der Waals surface area (Å²) in [5.74, 6) is 5.30. The van der Waals surface area contributed by atoms with E-state index >= 15 is 0 Å². The fourth-order valence-electron chi connectivity index (χ4n) is 0.731. The quantitative estimate of drug-likeness (QED) is 0.308. The number of aryl methyl sites for hydroxylation is 1. The molecule has 0 aliphatic rings. The number of H-pyrrole nitrogens is 1. The standard InChI is InChI=1S/C5H8N4O2S/c1-8-3(10)4(11)9(6)5(7-8)12-2/h6H2,1-2H3/p+1. The summed E-state index contributed by atoms with van der Waals surface area (Å²) in [6, 6.07) is 0. The lowest BCUT2D eigenvalue weighted by Crippen LogP contribution is -2.52. The number of nitrogens with two attached hydrogens (primary N) is 1. The van der Waals surface area contributed by atoms with Crippen molar-refractivity contribution in [2.45, 2.75) is 5.16 Å². The second kappa shape index (κ2) is 3.02. The van der Waals surface area contributed by atoms with Crippen LogP contribution < -0.4 is 22.1 Å². The normalized spacial score (nSPS) is 10.2. The molecule has 0 bridgehead atoms. The molecule has 0 aliphatic carbocycles. The van der Waals surface area contributed by atoms with E-state index in [0.717, 1.165) is 9.36 Å². The Morgan fingerprint density at radius 2 is 2.00 bits per heavy atom. The highest BCUT2D eigenvalue weighted by molar-refractivity contribution is 7.98. The predicted octanol–water partition coefficient (Wildman–Crippen LogP) is -2.20. The molecule has 0 radical (unpaired) electrons. The highest BCUT2D eigenvalue weighted by atomic mass is 32.2. The zero-order valence-electron chi connectivity index (χ0n) is 6.70. The Bertz CT molecular complexity index is 407. The summed E-state index contributed by atoms with van der Waals surface area (Å²) in [7, 11) is 1.46. The Morgan fingerprint density at radius 1 is 1.42 bits per heavy atom. The van der Waals surface area contributed by atoms with Crippen LogP contribution in [0.1, 0.15) is 0 Å². The van der Waals surface area contributed by atoms with Crippen LogP contribution in [0.3, 0.4) is 0 Å². The molecule has 0 aliphatic heterocycles. The van der Waals surface area contributed by atoms with Crippen LogP contribution in [0.15, 0.2) is 14.7 Å². The zero-order chi connectivity index (χ0) is 9.30. The second-order valence-corrected chi connectivity index (χ2v) is 2.96. The van der Waals surface area contributed by atoms with Crippen molar-refractivity contribution in [1.82, 2.24) is 9.36 Å². The van der Waals surface area contributed by atoms with E-state index in [2.05, 4.69) is 5.10 Å². The Hall–Kier alpha value is -1.24. The van der Waals surface area contributed by atoms with Crippen molar-refractivity contribution >= 4 is 11.8 Å². The van der Waals surface area contributed by atoms with Crippen molar-refractivity contribution in [3.05, 3.63) is 20.7 Å². The largest absolute Gasteiger partial charge is 0.426 e. The van der Waals surface area contributed by atoms with Gasteiger partial charge in [-0.2, -0.15) is 9.78 Å². The van der Waals surface area contributed by atoms with Gasteiger partial charge in [0.25, 0.3) is 0 Å². The van der Waals surface area contributed by atoms with E-state index in [1.807, 2.05) is 0 Å². The number of rotatable bonds is 1. The van der Waals surface area contributed by atoms with Crippen molar-refractivity contribution in [3.63, 3.8) is 0 Å². The number of hydrogen-bond acceptors (Lipinski definition) is 4. The Labute approximate surface area is 72.0 Å². The maximum Gasteiger partial charge on any atom is 0.426 e. The van der Waals surface area contributed by atoms with E-state index in [1.165, 1.54) is 18.8 Å². The highest BCUT2D eigenvalue weighted by Gasteiger charge is 2.14. The number of thioether (sulfide) groups is 1. The van der Waals surface area contributed by atoms with Crippen LogP contribution >= 0.6 is 11.8 Å². The van der Waals surface area contributed by atoms with Crippen LogP contribution in [0.4, 0.5) is 0 Å². The smallest absolute Gasteiger partial charge is 0.265 e. The predicted molar refractivity (Wildman–Crippen MR) is 44.4 cm³/mol. The van der Waals surface area contributed by atoms with Gasteiger partial charge >= 0.3 is 16.3 Å². The average molecular weight is 189 g/mol. The van der Waals surface area contributed by atoms with Gasteiger partial charge in [-0.25, -0.2) is 4.79 Å². The monoisotopic (exact) mass is 189 g/mol. The molecule has 0 saturated carbocycles. The Morgan fingerprint density at radius 3 is 2.50 bits per heavy atom. The van der Waals surface area contributed by atoms with E-state index in [-0.39, 0.29) is 0 Å². The first-order chi connectivity index (χ1) is 5.57. The maximum absolute atomic E-state index is 11.0. The first-order valence-corrected chi connectivity index (χ1v) is 4.35. The fourth-order valence-corrected chi connectivity index (χ4v) is 1.24. The van der Waals surface area contributed by atoms with Gasteiger partial charge in [0.1, 0.15) is 0 Å². The zero-order valence-corrected chi connectivity index (χ0v) is 7.51. The molecule has 12 heavy (non-hydrogen) atoms. The van der Waals surface area contributed by atoms with Crippen molar-refractivity contribution in [1.29, 1.82) is 0 Å². The number of hydrogen-bond donors (Lipinski definition) is 1. The lowest BCUT2D eigenvalue weighted by molar-refractivity contribution is -0.544. The van der Waals surface area contributed by atoms with E-state index in [0.29, 0.717) is 5.16 Å². The third kappa shape index (κ3) is 1.22. The summed E-state index contributed by atoms with van der Waals surface area (Å²) in [4.78, 5) is 22.0. The number of aromatic nitrogens is 3. The van der Waals surface area contributed by atoms with Gasteiger partial charge < -0.3 is 0 Å². The molecule has 1 aromatic heterocycles. The van der Waals surface area contributed by atoms with Crippen molar-refractivity contribution in [2.24, 2.45) is 7.05 Å². The van der Waals surface area contributed by atoms with Gasteiger partial charge in [0, 0.05) is 0 Å². The van der Waals surface area contributed by atoms with Crippen molar-refractivity contribution in [2.75, 3.05) is 12.1 Å². The minimum atomic E-state index is -0.736. The number of nitrogens with one attached hydrogen (secondary N) is 1. The van der Waals surface area contributed by atoms with E-state index in [1.54, 1.807) is 6.26 Å². The van der Waals surface area contributed by atoms with Crippen molar-refractivity contribution < 1.29 is 5.10 Å². The molecule has 0 amide bonds. The van der Waals surface area contributed by atoms with Crippen molar-refractivity contribution in [3.8, 4) is 0 Å². The third-order valence-electron chi connectivity index (χ3n) is 1.38. The Kier molecular flexibility index (Phi) is 2.22. The van der Waals surface area contributed by atoms with E-state index in [9.17, 15) is 9.59 Å². The molecule has 0 spiro atoms. The second-order valence-electron chi connectivity index (χ2n) is 2.16. The molecule has 7 heteroatoms. The topological polar surface area (TPSA) is 84.2 Å². The number of nitrogen functional groups attached to an aromatic ring is 1. The summed E-state index contributed by atoms with van der Waals surface area (Å²) in [6.45, 7) is 0. The molecular weight excluding hydrogens is 180 g/mol. The van der Waals surface area contributed by atoms with Crippen LogP contribution in [-0.4, -0.2) is 15.6 Å². The van der Waals surface area contributed by atoms with Gasteiger partial charge in [0.05, 0.1) is 7.05 Å². The van der Waals surface area contributed by atoms with Gasteiger partial charge in [0.15, 0.2) is 0 Å². The summed E-state index contributed by atoms with van der Waals surface area (Å²) < 4.78 is 1.89. The SMILES string of the molecule is CSc1[nH+]n(C)c(=O)c(=O)n1N. The van der Waals surface area contributed by atoms with Gasteiger partial charge in [0.2, 0.25) is 0 Å². The molecule has 66 valence electrons. The molecule has 1 aromatic rings. The first-order valence-electron chi connectivity index (χ1n) is 3.12. The molecule has 1 heterocycles. The number of aromatic amines is 1. The Balaban J connectivity index is 3.61. The van der Waals surface area contributed by atoms with Crippen LogP contribution in [0, 0.1) is 0 Å². The lowest BCUT2D eigenvalue weighted by Gasteiger charge is -1.96. The van der Waals surface area contributed by atoms with E-state index in [4.69, 9.17) is 5.84 Å². The molecule has 0 unspecified atom stereocenters. The first kappa shape index (κ1) is 8.85. The molecular formula is C5H9N4O2S+. The van der Waals surface area contributed by atoms with Crippen LogP contribution in [0.2, 0.25) is 0 Å². The van der Waals surface area contributed by atoms with Crippen LogP contribution in [-0.2, 0) is 7.05 Å². The fraction of sp³-hybridized carbons (Fsp3) is 0.400. The minimum absolute atomic E-state index is 0.433. The summed E-state index contributed by atoms with van der Waals surface area (Å²) in [5, 5.41) is 3.07. The van der Waals surface area contributed by atoms with Gasteiger partial charge in [-0.15, -0.1) is 0 Å². The highest BCUT2D eigenvalue weighted by Crippen LogP contribution is 1.99. The summed E-state index contributed by atoms with van der Waals surface area (Å²) in [5.41, 5.74) is -1.41. The summed E-state index contributed by atoms with van der Waals surface area (Å²) in [6.07, 6.45) is 1.75.